The van der Waals surface area contributed by atoms with Crippen LogP contribution in [0.2, 0.25) is 0 Å². The van der Waals surface area contributed by atoms with E-state index in [1.165, 1.54) is 17.8 Å². The number of carbonyl (C=O) groups is 1. The van der Waals surface area contributed by atoms with Crippen LogP contribution in [0.15, 0.2) is 29.9 Å². The zero-order valence-electron chi connectivity index (χ0n) is 13.2. The number of nitrogens with zero attached hydrogens (tertiary/aromatic N) is 2. The summed E-state index contributed by atoms with van der Waals surface area (Å²) >= 11 is 1.39. The lowest BCUT2D eigenvalue weighted by atomic mass is 9.85. The molecule has 2 aliphatic carbocycles. The van der Waals surface area contributed by atoms with Crippen molar-refractivity contribution in [2.24, 2.45) is 17.8 Å². The molecule has 7 heteroatoms. The molecule has 0 saturated heterocycles. The van der Waals surface area contributed by atoms with Gasteiger partial charge in [-0.2, -0.15) is 0 Å². The molecule has 2 aliphatic rings. The topological polar surface area (TPSA) is 87.1 Å². The SMILES string of the molecule is O=C(Nc1nc(-c2cccnc2)cs1)N[C@@H]1[C@H]2CC[C@@H](C2)[C@H]1CO. The number of aliphatic hydroxyl groups is 1. The van der Waals surface area contributed by atoms with Gasteiger partial charge in [-0.15, -0.1) is 11.3 Å². The van der Waals surface area contributed by atoms with E-state index in [1.807, 2.05) is 17.5 Å². The lowest BCUT2D eigenvalue weighted by Gasteiger charge is -2.30. The second-order valence-corrected chi connectivity index (χ2v) is 7.44. The highest BCUT2D eigenvalue weighted by molar-refractivity contribution is 7.14. The van der Waals surface area contributed by atoms with E-state index >= 15 is 0 Å². The summed E-state index contributed by atoms with van der Waals surface area (Å²) in [6.07, 6.45) is 6.92. The largest absolute Gasteiger partial charge is 0.396 e. The molecule has 2 aromatic heterocycles. The summed E-state index contributed by atoms with van der Waals surface area (Å²) in [6.45, 7) is 0.147. The Kier molecular flexibility index (Phi) is 4.20. The fourth-order valence-corrected chi connectivity index (χ4v) is 4.88. The number of amides is 2. The number of hydrogen-bond acceptors (Lipinski definition) is 5. The molecule has 2 heterocycles. The molecule has 0 radical (unpaired) electrons. The number of nitrogens with one attached hydrogen (secondary N) is 2. The standard InChI is InChI=1S/C17H20N4O2S/c22-8-13-10-3-4-11(6-10)15(13)20-16(23)21-17-19-14(9-24-17)12-2-1-5-18-7-12/h1-2,5,7,9-11,13,15,22H,3-4,6,8H2,(H2,19,20,21,23)/t10-,11-,13+,15+/m0/s1. The van der Waals surface area contributed by atoms with Crippen molar-refractivity contribution in [3.63, 3.8) is 0 Å². The van der Waals surface area contributed by atoms with Gasteiger partial charge in [0.15, 0.2) is 5.13 Å². The Hall–Kier alpha value is -1.99. The Morgan fingerprint density at radius 1 is 1.38 bits per heavy atom. The highest BCUT2D eigenvalue weighted by atomic mass is 32.1. The van der Waals surface area contributed by atoms with Gasteiger partial charge in [0.2, 0.25) is 0 Å². The van der Waals surface area contributed by atoms with Gasteiger partial charge in [0.25, 0.3) is 0 Å². The zero-order valence-corrected chi connectivity index (χ0v) is 14.0. The number of rotatable bonds is 4. The predicted molar refractivity (Wildman–Crippen MR) is 92.7 cm³/mol. The van der Waals surface area contributed by atoms with Crippen LogP contribution in [0, 0.1) is 17.8 Å². The minimum absolute atomic E-state index is 0.0755. The number of fused-ring (bicyclic) bond motifs is 2. The first-order chi connectivity index (χ1) is 11.7. The number of urea groups is 1. The number of aliphatic hydroxyl groups excluding tert-OH is 1. The van der Waals surface area contributed by atoms with Crippen LogP contribution in [-0.4, -0.2) is 33.8 Å². The molecule has 2 bridgehead atoms. The molecule has 0 unspecified atom stereocenters. The second kappa shape index (κ2) is 6.49. The van der Waals surface area contributed by atoms with Gasteiger partial charge in [0.05, 0.1) is 5.69 Å². The molecule has 6 nitrogen and oxygen atoms in total. The van der Waals surface area contributed by atoms with Gasteiger partial charge in [-0.05, 0) is 43.2 Å². The van der Waals surface area contributed by atoms with E-state index < -0.39 is 0 Å². The predicted octanol–water partition coefficient (Wildman–Crippen LogP) is 2.73. The van der Waals surface area contributed by atoms with Crippen molar-refractivity contribution in [1.82, 2.24) is 15.3 Å². The number of carbonyl (C=O) groups excluding carboxylic acids is 1. The smallest absolute Gasteiger partial charge is 0.321 e. The van der Waals surface area contributed by atoms with Crippen molar-refractivity contribution in [2.75, 3.05) is 11.9 Å². The highest BCUT2D eigenvalue weighted by Crippen LogP contribution is 2.48. The summed E-state index contributed by atoms with van der Waals surface area (Å²) in [5, 5.41) is 17.9. The van der Waals surface area contributed by atoms with Crippen molar-refractivity contribution >= 4 is 22.5 Å². The third-order valence-corrected chi connectivity index (χ3v) is 6.04. The first kappa shape index (κ1) is 15.5. The average molecular weight is 344 g/mol. The Labute approximate surface area is 144 Å². The fraction of sp³-hybridized carbons (Fsp3) is 0.471. The Morgan fingerprint density at radius 3 is 3.04 bits per heavy atom. The van der Waals surface area contributed by atoms with Crippen molar-refractivity contribution in [3.8, 4) is 11.3 Å². The normalized spacial score (nSPS) is 28.0. The maximum absolute atomic E-state index is 12.3. The van der Waals surface area contributed by atoms with Gasteiger partial charge in [0.1, 0.15) is 0 Å². The molecule has 4 rings (SSSR count). The maximum atomic E-state index is 12.3. The lowest BCUT2D eigenvalue weighted by molar-refractivity contribution is 0.146. The number of pyridine rings is 1. The first-order valence-electron chi connectivity index (χ1n) is 8.29. The van der Waals surface area contributed by atoms with Crippen LogP contribution >= 0.6 is 11.3 Å². The molecule has 24 heavy (non-hydrogen) atoms. The van der Waals surface area contributed by atoms with Crippen LogP contribution in [0.5, 0.6) is 0 Å². The fourth-order valence-electron chi connectivity index (χ4n) is 4.16. The summed E-state index contributed by atoms with van der Waals surface area (Å²) in [5.74, 6) is 1.25. The van der Waals surface area contributed by atoms with Gasteiger partial charge < -0.3 is 10.4 Å². The first-order valence-corrected chi connectivity index (χ1v) is 9.17. The second-order valence-electron chi connectivity index (χ2n) is 6.58. The minimum Gasteiger partial charge on any atom is -0.396 e. The van der Waals surface area contributed by atoms with E-state index in [-0.39, 0.29) is 24.6 Å². The summed E-state index contributed by atoms with van der Waals surface area (Å²) in [5.41, 5.74) is 1.73. The number of anilines is 1. The van der Waals surface area contributed by atoms with Gasteiger partial charge >= 0.3 is 6.03 Å². The summed E-state index contributed by atoms with van der Waals surface area (Å²) < 4.78 is 0. The Morgan fingerprint density at radius 2 is 2.25 bits per heavy atom. The molecule has 2 amide bonds. The van der Waals surface area contributed by atoms with E-state index in [2.05, 4.69) is 20.6 Å². The lowest BCUT2D eigenvalue weighted by Crippen LogP contribution is -2.46. The van der Waals surface area contributed by atoms with Crippen molar-refractivity contribution < 1.29 is 9.90 Å². The minimum atomic E-state index is -0.238. The van der Waals surface area contributed by atoms with E-state index in [0.29, 0.717) is 17.0 Å². The molecule has 0 aliphatic heterocycles. The van der Waals surface area contributed by atoms with Crippen molar-refractivity contribution in [2.45, 2.75) is 25.3 Å². The molecule has 2 saturated carbocycles. The van der Waals surface area contributed by atoms with Crippen molar-refractivity contribution in [1.29, 1.82) is 0 Å². The Bertz CT molecular complexity index is 720. The van der Waals surface area contributed by atoms with Crippen LogP contribution in [0.1, 0.15) is 19.3 Å². The summed E-state index contributed by atoms with van der Waals surface area (Å²) in [4.78, 5) is 20.8. The third kappa shape index (κ3) is 2.89. The summed E-state index contributed by atoms with van der Waals surface area (Å²) in [7, 11) is 0. The van der Waals surface area contributed by atoms with E-state index in [4.69, 9.17) is 0 Å². The third-order valence-electron chi connectivity index (χ3n) is 5.28. The average Bonchev–Trinajstić information content (AvgIpc) is 3.31. The van der Waals surface area contributed by atoms with Crippen LogP contribution in [0.25, 0.3) is 11.3 Å². The molecule has 0 spiro atoms. The molecule has 3 N–H and O–H groups in total. The van der Waals surface area contributed by atoms with Crippen LogP contribution in [0.3, 0.4) is 0 Å². The molecule has 2 aromatic rings. The van der Waals surface area contributed by atoms with Crippen LogP contribution in [-0.2, 0) is 0 Å². The molecule has 0 aromatic carbocycles. The highest BCUT2D eigenvalue weighted by Gasteiger charge is 2.47. The van der Waals surface area contributed by atoms with Gasteiger partial charge in [0, 0.05) is 41.9 Å². The van der Waals surface area contributed by atoms with Gasteiger partial charge in [-0.3, -0.25) is 10.3 Å². The van der Waals surface area contributed by atoms with Crippen LogP contribution < -0.4 is 10.6 Å². The van der Waals surface area contributed by atoms with Crippen LogP contribution in [0.4, 0.5) is 9.93 Å². The quantitative estimate of drug-likeness (QED) is 0.796. The zero-order chi connectivity index (χ0) is 16.5. The number of hydrogen-bond donors (Lipinski definition) is 3. The Balaban J connectivity index is 1.39. The van der Waals surface area contributed by atoms with E-state index in [9.17, 15) is 9.90 Å². The summed E-state index contributed by atoms with van der Waals surface area (Å²) in [6, 6.07) is 3.63. The number of thiazole rings is 1. The molecule has 126 valence electrons. The maximum Gasteiger partial charge on any atom is 0.321 e. The number of aromatic nitrogens is 2. The monoisotopic (exact) mass is 344 g/mol. The van der Waals surface area contributed by atoms with Gasteiger partial charge in [-0.1, -0.05) is 0 Å². The molecule has 2 fully saturated rings. The van der Waals surface area contributed by atoms with Gasteiger partial charge in [-0.25, -0.2) is 9.78 Å². The molecule has 4 atom stereocenters. The van der Waals surface area contributed by atoms with Crippen molar-refractivity contribution in [3.05, 3.63) is 29.9 Å². The molecular weight excluding hydrogens is 324 g/mol. The van der Waals surface area contributed by atoms with E-state index in [0.717, 1.165) is 24.1 Å². The molecular formula is C17H20N4O2S. The van der Waals surface area contributed by atoms with E-state index in [1.54, 1.807) is 12.4 Å².